The molecule has 0 fully saturated rings. The van der Waals surface area contributed by atoms with Crippen LogP contribution >= 0.6 is 11.3 Å². The summed E-state index contributed by atoms with van der Waals surface area (Å²) in [5.41, 5.74) is 1.20. The Balaban J connectivity index is 2.09. The average Bonchev–Trinajstić information content (AvgIpc) is 2.90. The van der Waals surface area contributed by atoms with Crippen molar-refractivity contribution in [1.82, 2.24) is 4.98 Å². The maximum atomic E-state index is 13.7. The molecule has 0 aliphatic heterocycles. The van der Waals surface area contributed by atoms with E-state index < -0.39 is 11.6 Å². The van der Waals surface area contributed by atoms with E-state index in [0.717, 1.165) is 22.3 Å². The van der Waals surface area contributed by atoms with E-state index >= 15 is 0 Å². The van der Waals surface area contributed by atoms with Gasteiger partial charge in [-0.15, -0.1) is 11.3 Å². The normalized spacial score (nSPS) is 11.6. The molecule has 0 radical (unpaired) electrons. The van der Waals surface area contributed by atoms with Gasteiger partial charge in [-0.25, -0.2) is 13.8 Å². The van der Waals surface area contributed by atoms with E-state index in [4.69, 9.17) is 0 Å². The van der Waals surface area contributed by atoms with Crippen LogP contribution in [-0.2, 0) is 0 Å². The van der Waals surface area contributed by atoms with E-state index in [1.54, 1.807) is 0 Å². The monoisotopic (exact) mass is 298 g/mol. The smallest absolute Gasteiger partial charge is 0.135 e. The lowest BCUT2D eigenvalue weighted by molar-refractivity contribution is 0.581. The van der Waals surface area contributed by atoms with Gasteiger partial charge >= 0.3 is 0 Å². The van der Waals surface area contributed by atoms with Gasteiger partial charge in [-0.1, -0.05) is 12.1 Å². The number of thiazole rings is 1. The number of hydrogen-bond acceptors (Lipinski definition) is 3. The molecule has 1 aromatic heterocycles. The third kappa shape index (κ3) is 2.67. The molecule has 5 heteroatoms. The summed E-state index contributed by atoms with van der Waals surface area (Å²) in [4.78, 5) is 4.36. The average molecular weight is 298 g/mol. The number of nitriles is 1. The zero-order chi connectivity index (χ0) is 14.8. The second kappa shape index (κ2) is 5.43. The molecule has 0 spiro atoms. The fourth-order valence-electron chi connectivity index (χ4n) is 1.90. The summed E-state index contributed by atoms with van der Waals surface area (Å²) in [5.74, 6) is -1.35. The van der Waals surface area contributed by atoms with Crippen molar-refractivity contribution in [1.29, 1.82) is 5.26 Å². The van der Waals surface area contributed by atoms with Gasteiger partial charge in [-0.3, -0.25) is 0 Å². The van der Waals surface area contributed by atoms with Crippen LogP contribution in [0.25, 0.3) is 21.9 Å². The van der Waals surface area contributed by atoms with Crippen molar-refractivity contribution < 1.29 is 8.78 Å². The molecule has 0 aliphatic carbocycles. The highest BCUT2D eigenvalue weighted by atomic mass is 32.1. The van der Waals surface area contributed by atoms with Crippen molar-refractivity contribution in [3.8, 4) is 6.07 Å². The molecule has 3 aromatic rings. The van der Waals surface area contributed by atoms with Gasteiger partial charge in [0, 0.05) is 11.6 Å². The Kier molecular flexibility index (Phi) is 3.46. The first kappa shape index (κ1) is 13.4. The molecule has 21 heavy (non-hydrogen) atoms. The fraction of sp³-hybridized carbons (Fsp3) is 0. The first-order valence-corrected chi connectivity index (χ1v) is 6.92. The molecule has 0 amide bonds. The highest BCUT2D eigenvalue weighted by Gasteiger charge is 2.10. The molecule has 3 rings (SSSR count). The highest BCUT2D eigenvalue weighted by molar-refractivity contribution is 7.19. The Hall–Kier alpha value is -2.58. The number of benzene rings is 2. The summed E-state index contributed by atoms with van der Waals surface area (Å²) < 4.78 is 27.5. The molecule has 1 heterocycles. The van der Waals surface area contributed by atoms with E-state index in [-0.39, 0.29) is 11.1 Å². The topological polar surface area (TPSA) is 36.7 Å². The molecule has 0 aliphatic rings. The number of fused-ring (bicyclic) bond motifs is 1. The van der Waals surface area contributed by atoms with Crippen LogP contribution in [0.4, 0.5) is 8.78 Å². The van der Waals surface area contributed by atoms with Gasteiger partial charge in [-0.05, 0) is 30.3 Å². The van der Waals surface area contributed by atoms with Crippen LogP contribution in [0.5, 0.6) is 0 Å². The van der Waals surface area contributed by atoms with Crippen LogP contribution in [0.15, 0.2) is 42.5 Å². The Bertz CT molecular complexity index is 858. The van der Waals surface area contributed by atoms with Crippen molar-refractivity contribution in [2.45, 2.75) is 0 Å². The third-order valence-corrected chi connectivity index (χ3v) is 3.98. The Morgan fingerprint density at radius 2 is 2.00 bits per heavy atom. The fourth-order valence-corrected chi connectivity index (χ4v) is 2.83. The van der Waals surface area contributed by atoms with E-state index in [0.29, 0.717) is 5.01 Å². The second-order valence-electron chi connectivity index (χ2n) is 4.32. The first-order chi connectivity index (χ1) is 10.2. The third-order valence-electron chi connectivity index (χ3n) is 2.91. The summed E-state index contributed by atoms with van der Waals surface area (Å²) in [6.07, 6.45) is 1.38. The van der Waals surface area contributed by atoms with Gasteiger partial charge in [0.15, 0.2) is 0 Å². The predicted molar refractivity (Wildman–Crippen MR) is 79.5 cm³/mol. The van der Waals surface area contributed by atoms with Gasteiger partial charge < -0.3 is 0 Å². The number of rotatable bonds is 2. The quantitative estimate of drug-likeness (QED) is 0.646. The van der Waals surface area contributed by atoms with Crippen molar-refractivity contribution in [3.05, 3.63) is 64.7 Å². The van der Waals surface area contributed by atoms with Gasteiger partial charge in [0.1, 0.15) is 22.7 Å². The Morgan fingerprint density at radius 1 is 1.19 bits per heavy atom. The zero-order valence-corrected chi connectivity index (χ0v) is 11.5. The van der Waals surface area contributed by atoms with Crippen molar-refractivity contribution in [3.63, 3.8) is 0 Å². The van der Waals surface area contributed by atoms with Crippen molar-refractivity contribution in [2.24, 2.45) is 0 Å². The largest absolute Gasteiger partial charge is 0.235 e. The molecule has 0 saturated heterocycles. The molecule has 0 N–H and O–H groups in total. The number of aromatic nitrogens is 1. The van der Waals surface area contributed by atoms with E-state index in [2.05, 4.69) is 4.98 Å². The molecule has 2 nitrogen and oxygen atoms in total. The number of para-hydroxylation sites is 1. The molecular formula is C16H8F2N2S. The van der Waals surface area contributed by atoms with E-state index in [1.807, 2.05) is 30.3 Å². The maximum absolute atomic E-state index is 13.7. The zero-order valence-electron chi connectivity index (χ0n) is 10.7. The molecular weight excluding hydrogens is 290 g/mol. The Labute approximate surface area is 123 Å². The van der Waals surface area contributed by atoms with Gasteiger partial charge in [0.2, 0.25) is 0 Å². The summed E-state index contributed by atoms with van der Waals surface area (Å²) >= 11 is 1.36. The van der Waals surface area contributed by atoms with Crippen molar-refractivity contribution >= 4 is 33.2 Å². The number of allylic oxidation sites excluding steroid dienone is 1. The standard InChI is InChI=1S/C16H8F2N2S/c17-12-6-5-10(13(18)8-12)7-11(9-19)16-20-14-3-1-2-4-15(14)21-16/h1-8H. The lowest BCUT2D eigenvalue weighted by atomic mass is 10.1. The Morgan fingerprint density at radius 3 is 2.71 bits per heavy atom. The number of halogens is 2. The van der Waals surface area contributed by atoms with Crippen LogP contribution in [0.1, 0.15) is 10.6 Å². The maximum Gasteiger partial charge on any atom is 0.135 e. The van der Waals surface area contributed by atoms with E-state index in [1.165, 1.54) is 23.5 Å². The van der Waals surface area contributed by atoms with Gasteiger partial charge in [-0.2, -0.15) is 5.26 Å². The van der Waals surface area contributed by atoms with Gasteiger partial charge in [0.25, 0.3) is 0 Å². The van der Waals surface area contributed by atoms with Crippen LogP contribution in [0, 0.1) is 23.0 Å². The first-order valence-electron chi connectivity index (χ1n) is 6.10. The van der Waals surface area contributed by atoms with Crippen LogP contribution in [0.2, 0.25) is 0 Å². The summed E-state index contributed by atoms with van der Waals surface area (Å²) in [7, 11) is 0. The molecule has 102 valence electrons. The molecule has 0 atom stereocenters. The lowest BCUT2D eigenvalue weighted by Gasteiger charge is -1.98. The highest BCUT2D eigenvalue weighted by Crippen LogP contribution is 2.28. The summed E-state index contributed by atoms with van der Waals surface area (Å²) in [5, 5.41) is 9.78. The lowest BCUT2D eigenvalue weighted by Crippen LogP contribution is -1.86. The second-order valence-corrected chi connectivity index (χ2v) is 5.35. The van der Waals surface area contributed by atoms with E-state index in [9.17, 15) is 14.0 Å². The van der Waals surface area contributed by atoms with Crippen molar-refractivity contribution in [2.75, 3.05) is 0 Å². The minimum Gasteiger partial charge on any atom is -0.235 e. The number of nitrogens with zero attached hydrogens (tertiary/aromatic N) is 2. The van der Waals surface area contributed by atoms with Crippen LogP contribution < -0.4 is 0 Å². The molecule has 0 bridgehead atoms. The van der Waals surface area contributed by atoms with Crippen LogP contribution in [0.3, 0.4) is 0 Å². The molecule has 0 saturated carbocycles. The predicted octanol–water partition coefficient (Wildman–Crippen LogP) is 4.64. The number of hydrogen-bond donors (Lipinski definition) is 0. The molecule has 2 aromatic carbocycles. The summed E-state index contributed by atoms with van der Waals surface area (Å²) in [6, 6.07) is 12.8. The summed E-state index contributed by atoms with van der Waals surface area (Å²) in [6.45, 7) is 0. The SMILES string of the molecule is N#CC(=Cc1ccc(F)cc1F)c1nc2ccccc2s1. The minimum atomic E-state index is -0.705. The van der Waals surface area contributed by atoms with Gasteiger partial charge in [0.05, 0.1) is 15.8 Å². The minimum absolute atomic E-state index is 0.159. The van der Waals surface area contributed by atoms with Crippen LogP contribution in [-0.4, -0.2) is 4.98 Å². The molecule has 0 unspecified atom stereocenters.